The van der Waals surface area contributed by atoms with Crippen molar-refractivity contribution in [2.24, 2.45) is 0 Å². The van der Waals surface area contributed by atoms with Gasteiger partial charge in [0.15, 0.2) is 11.4 Å². The molecular weight excluding hydrogens is 220 g/mol. The summed E-state index contributed by atoms with van der Waals surface area (Å²) in [6, 6.07) is 3.08. The van der Waals surface area contributed by atoms with E-state index in [0.29, 0.717) is 6.42 Å². The van der Waals surface area contributed by atoms with Crippen LogP contribution in [0.25, 0.3) is 0 Å². The monoisotopic (exact) mass is 232 g/mol. The number of nitrogens with zero attached hydrogens (tertiary/aromatic N) is 4. The quantitative estimate of drug-likeness (QED) is 0.726. The molecular formula is C11H12N4O2. The Morgan fingerprint density at radius 1 is 1.53 bits per heavy atom. The molecule has 0 spiro atoms. The molecule has 0 aromatic carbocycles. The van der Waals surface area contributed by atoms with Gasteiger partial charge in [0.25, 0.3) is 0 Å². The molecule has 0 amide bonds. The van der Waals surface area contributed by atoms with E-state index in [4.69, 9.17) is 15.3 Å². The van der Waals surface area contributed by atoms with E-state index < -0.39 is 12.0 Å². The molecule has 0 aliphatic rings. The molecule has 0 aliphatic heterocycles. The summed E-state index contributed by atoms with van der Waals surface area (Å²) in [5.41, 5.74) is 0.114. The lowest BCUT2D eigenvalue weighted by Crippen LogP contribution is -2.22. The molecule has 1 aromatic heterocycles. The summed E-state index contributed by atoms with van der Waals surface area (Å²) in [5.74, 6) is -0.423. The van der Waals surface area contributed by atoms with Crippen LogP contribution in [-0.2, 0) is 9.53 Å². The average molecular weight is 232 g/mol. The molecule has 88 valence electrons. The topological polar surface area (TPSA) is 91.7 Å². The summed E-state index contributed by atoms with van der Waals surface area (Å²) < 4.78 is 6.30. The number of rotatable bonds is 4. The van der Waals surface area contributed by atoms with Crippen LogP contribution in [0.4, 0.5) is 0 Å². The lowest BCUT2D eigenvalue weighted by Gasteiger charge is -2.15. The minimum absolute atomic E-state index is 0.0234. The van der Waals surface area contributed by atoms with E-state index in [1.165, 1.54) is 10.9 Å². The number of imidazole rings is 1. The van der Waals surface area contributed by atoms with Crippen LogP contribution in [0.1, 0.15) is 37.7 Å². The normalized spacial score (nSPS) is 11.3. The summed E-state index contributed by atoms with van der Waals surface area (Å²) in [6.07, 6.45) is 1.79. The highest BCUT2D eigenvalue weighted by Crippen LogP contribution is 2.18. The van der Waals surface area contributed by atoms with Crippen molar-refractivity contribution < 1.29 is 9.53 Å². The van der Waals surface area contributed by atoms with Gasteiger partial charge in [-0.3, -0.25) is 0 Å². The molecule has 1 aromatic rings. The predicted octanol–water partition coefficient (Wildman–Crippen LogP) is 1.14. The molecule has 1 rings (SSSR count). The van der Waals surface area contributed by atoms with Crippen molar-refractivity contribution in [3.8, 4) is 12.1 Å². The number of nitriles is 2. The standard InChI is InChI=1S/C11H12N4O2/c1-3-9(11(16)17-4-2)15-7-14-8(5-12)10(15)6-13/h7,9H,3-4H2,1-2H3. The summed E-state index contributed by atoms with van der Waals surface area (Å²) in [5, 5.41) is 17.7. The lowest BCUT2D eigenvalue weighted by atomic mass is 10.2. The largest absolute Gasteiger partial charge is 0.464 e. The van der Waals surface area contributed by atoms with Gasteiger partial charge in [-0.2, -0.15) is 10.5 Å². The SMILES string of the molecule is CCOC(=O)C(CC)n1cnc(C#N)c1C#N. The number of hydrogen-bond acceptors (Lipinski definition) is 5. The van der Waals surface area contributed by atoms with Gasteiger partial charge in [0.1, 0.15) is 18.2 Å². The minimum atomic E-state index is -0.612. The fourth-order valence-corrected chi connectivity index (χ4v) is 1.51. The van der Waals surface area contributed by atoms with Gasteiger partial charge in [-0.15, -0.1) is 0 Å². The van der Waals surface area contributed by atoms with Gasteiger partial charge in [-0.25, -0.2) is 9.78 Å². The van der Waals surface area contributed by atoms with Crippen LogP contribution in [0, 0.1) is 22.7 Å². The van der Waals surface area contributed by atoms with Gasteiger partial charge in [0.2, 0.25) is 0 Å². The maximum Gasteiger partial charge on any atom is 0.329 e. The zero-order valence-electron chi connectivity index (χ0n) is 9.67. The summed E-state index contributed by atoms with van der Waals surface area (Å²) in [7, 11) is 0. The average Bonchev–Trinajstić information content (AvgIpc) is 2.73. The molecule has 17 heavy (non-hydrogen) atoms. The Bertz CT molecular complexity index is 493. The molecule has 0 aliphatic carbocycles. The van der Waals surface area contributed by atoms with Crippen LogP contribution in [0.3, 0.4) is 0 Å². The first-order chi connectivity index (χ1) is 8.19. The van der Waals surface area contributed by atoms with Gasteiger partial charge < -0.3 is 9.30 Å². The van der Waals surface area contributed by atoms with Gasteiger partial charge in [-0.1, -0.05) is 6.92 Å². The zero-order chi connectivity index (χ0) is 12.8. The first-order valence-electron chi connectivity index (χ1n) is 5.23. The molecule has 0 N–H and O–H groups in total. The van der Waals surface area contributed by atoms with E-state index in [0.717, 1.165) is 0 Å². The van der Waals surface area contributed by atoms with Crippen molar-refractivity contribution in [2.75, 3.05) is 6.61 Å². The number of hydrogen-bond donors (Lipinski definition) is 0. The second-order valence-corrected chi connectivity index (χ2v) is 3.25. The van der Waals surface area contributed by atoms with Crippen LogP contribution in [0.15, 0.2) is 6.33 Å². The van der Waals surface area contributed by atoms with Crippen LogP contribution >= 0.6 is 0 Å². The van der Waals surface area contributed by atoms with E-state index in [2.05, 4.69) is 4.98 Å². The van der Waals surface area contributed by atoms with Crippen molar-refractivity contribution >= 4 is 5.97 Å². The maximum absolute atomic E-state index is 11.7. The van der Waals surface area contributed by atoms with Crippen molar-refractivity contribution in [1.82, 2.24) is 9.55 Å². The highest BCUT2D eigenvalue weighted by Gasteiger charge is 2.24. The van der Waals surface area contributed by atoms with Gasteiger partial charge in [0, 0.05) is 0 Å². The fraction of sp³-hybridized carbons (Fsp3) is 0.455. The van der Waals surface area contributed by atoms with Crippen LogP contribution in [-0.4, -0.2) is 22.1 Å². The smallest absolute Gasteiger partial charge is 0.329 e. The molecule has 0 radical (unpaired) electrons. The van der Waals surface area contributed by atoms with E-state index in [1.54, 1.807) is 13.8 Å². The zero-order valence-corrected chi connectivity index (χ0v) is 9.67. The Kier molecular flexibility index (Phi) is 4.24. The number of carbonyl (C=O) groups is 1. The molecule has 0 saturated heterocycles. The highest BCUT2D eigenvalue weighted by molar-refractivity contribution is 5.74. The Hall–Kier alpha value is -2.34. The lowest BCUT2D eigenvalue weighted by molar-refractivity contribution is -0.147. The number of aromatic nitrogens is 2. The maximum atomic E-state index is 11.7. The highest BCUT2D eigenvalue weighted by atomic mass is 16.5. The van der Waals surface area contributed by atoms with Crippen molar-refractivity contribution in [2.45, 2.75) is 26.3 Å². The van der Waals surface area contributed by atoms with Crippen LogP contribution < -0.4 is 0 Å². The van der Waals surface area contributed by atoms with Gasteiger partial charge >= 0.3 is 5.97 Å². The molecule has 0 saturated carbocycles. The third kappa shape index (κ3) is 2.43. The molecule has 0 fully saturated rings. The van der Waals surface area contributed by atoms with Crippen LogP contribution in [0.5, 0.6) is 0 Å². The Morgan fingerprint density at radius 3 is 2.71 bits per heavy atom. The molecule has 1 heterocycles. The molecule has 6 heteroatoms. The molecule has 0 bridgehead atoms. The molecule has 1 unspecified atom stereocenters. The van der Waals surface area contributed by atoms with E-state index in [-0.39, 0.29) is 18.0 Å². The Labute approximate surface area is 99.0 Å². The Balaban J connectivity index is 3.14. The predicted molar refractivity (Wildman–Crippen MR) is 57.6 cm³/mol. The summed E-state index contributed by atoms with van der Waals surface area (Å²) >= 11 is 0. The molecule has 1 atom stereocenters. The van der Waals surface area contributed by atoms with Crippen molar-refractivity contribution in [3.63, 3.8) is 0 Å². The number of esters is 1. The third-order valence-electron chi connectivity index (χ3n) is 2.29. The number of ether oxygens (including phenoxy) is 1. The van der Waals surface area contributed by atoms with Gasteiger partial charge in [0.05, 0.1) is 12.9 Å². The first-order valence-corrected chi connectivity index (χ1v) is 5.23. The first kappa shape index (κ1) is 12.7. The van der Waals surface area contributed by atoms with Crippen LogP contribution in [0.2, 0.25) is 0 Å². The van der Waals surface area contributed by atoms with Crippen molar-refractivity contribution in [1.29, 1.82) is 10.5 Å². The summed E-state index contributed by atoms with van der Waals surface area (Å²) in [6.45, 7) is 3.79. The fourth-order valence-electron chi connectivity index (χ4n) is 1.51. The van der Waals surface area contributed by atoms with E-state index in [1.807, 2.05) is 12.1 Å². The van der Waals surface area contributed by atoms with Crippen molar-refractivity contribution in [3.05, 3.63) is 17.7 Å². The van der Waals surface area contributed by atoms with E-state index in [9.17, 15) is 4.79 Å². The summed E-state index contributed by atoms with van der Waals surface area (Å²) in [4.78, 5) is 15.5. The Morgan fingerprint density at radius 2 is 2.24 bits per heavy atom. The second-order valence-electron chi connectivity index (χ2n) is 3.25. The van der Waals surface area contributed by atoms with E-state index >= 15 is 0 Å². The number of carbonyl (C=O) groups excluding carboxylic acids is 1. The second kappa shape index (κ2) is 5.66. The third-order valence-corrected chi connectivity index (χ3v) is 2.29. The molecule has 6 nitrogen and oxygen atoms in total. The minimum Gasteiger partial charge on any atom is -0.464 e. The van der Waals surface area contributed by atoms with Gasteiger partial charge in [-0.05, 0) is 13.3 Å².